The quantitative estimate of drug-likeness (QED) is 0.467. The summed E-state index contributed by atoms with van der Waals surface area (Å²) in [7, 11) is 3.42. The molecule has 0 aliphatic heterocycles. The molecule has 4 aromatic rings. The molecule has 0 fully saturated rings. The van der Waals surface area contributed by atoms with Crippen molar-refractivity contribution in [1.82, 2.24) is 14.9 Å². The molecule has 0 amide bonds. The fourth-order valence-corrected chi connectivity index (χ4v) is 4.51. The molecule has 0 spiro atoms. The molecule has 0 radical (unpaired) electrons. The number of hydrogen-bond donors (Lipinski definition) is 0. The smallest absolute Gasteiger partial charge is 0.340 e. The summed E-state index contributed by atoms with van der Waals surface area (Å²) >= 11 is 1.69. The van der Waals surface area contributed by atoms with E-state index in [1.807, 2.05) is 56.4 Å². The average Bonchev–Trinajstić information content (AvgIpc) is 3.09. The molecule has 0 aliphatic carbocycles. The summed E-state index contributed by atoms with van der Waals surface area (Å²) in [6.45, 7) is 3.17. The van der Waals surface area contributed by atoms with E-state index in [9.17, 15) is 4.79 Å². The van der Waals surface area contributed by atoms with Gasteiger partial charge in [-0.3, -0.25) is 9.88 Å². The van der Waals surface area contributed by atoms with E-state index < -0.39 is 0 Å². The molecule has 0 aliphatic rings. The third kappa shape index (κ3) is 3.48. The zero-order valence-corrected chi connectivity index (χ0v) is 16.9. The first-order valence-corrected chi connectivity index (χ1v) is 9.88. The van der Waals surface area contributed by atoms with Gasteiger partial charge in [-0.1, -0.05) is 30.3 Å². The van der Waals surface area contributed by atoms with Crippen LogP contribution in [-0.4, -0.2) is 35.0 Å². The number of fused-ring (bicyclic) bond motifs is 2. The van der Waals surface area contributed by atoms with Crippen molar-refractivity contribution in [3.8, 4) is 0 Å². The van der Waals surface area contributed by atoms with E-state index in [-0.39, 0.29) is 5.97 Å². The Hall–Kier alpha value is -2.83. The largest absolute Gasteiger partial charge is 0.465 e. The predicted octanol–water partition coefficient (Wildman–Crippen LogP) is 4.57. The Labute approximate surface area is 167 Å². The fraction of sp³-hybridized carbons (Fsp3) is 0.227. The third-order valence-corrected chi connectivity index (χ3v) is 5.80. The average molecular weight is 391 g/mol. The van der Waals surface area contributed by atoms with Crippen molar-refractivity contribution in [3.05, 3.63) is 70.4 Å². The summed E-state index contributed by atoms with van der Waals surface area (Å²) in [6.07, 6.45) is 0. The minimum Gasteiger partial charge on any atom is -0.465 e. The van der Waals surface area contributed by atoms with Gasteiger partial charge >= 0.3 is 5.97 Å². The van der Waals surface area contributed by atoms with Crippen LogP contribution in [0.1, 0.15) is 26.6 Å². The van der Waals surface area contributed by atoms with Crippen molar-refractivity contribution in [1.29, 1.82) is 0 Å². The minimum absolute atomic E-state index is 0.348. The van der Waals surface area contributed by atoms with Crippen molar-refractivity contribution in [2.45, 2.75) is 20.0 Å². The Morgan fingerprint density at radius 2 is 1.75 bits per heavy atom. The molecule has 4 rings (SSSR count). The normalized spacial score (nSPS) is 11.4. The SMILES string of the molecule is COC(=O)c1c(CN(C)Cc2nc3ccccc3s2)nc2ccccc2c1C. The second-order valence-corrected chi connectivity index (χ2v) is 7.93. The van der Waals surface area contributed by atoms with Crippen LogP contribution in [0.25, 0.3) is 21.1 Å². The number of carbonyl (C=O) groups is 1. The number of carbonyl (C=O) groups excluding carboxylic acids is 1. The number of rotatable bonds is 5. The number of para-hydroxylation sites is 2. The van der Waals surface area contributed by atoms with Crippen LogP contribution < -0.4 is 0 Å². The second kappa shape index (κ2) is 7.66. The number of ether oxygens (including phenoxy) is 1. The lowest BCUT2D eigenvalue weighted by atomic mass is 10.0. The van der Waals surface area contributed by atoms with Gasteiger partial charge in [-0.15, -0.1) is 11.3 Å². The highest BCUT2D eigenvalue weighted by atomic mass is 32.1. The highest BCUT2D eigenvalue weighted by Crippen LogP contribution is 2.26. The highest BCUT2D eigenvalue weighted by Gasteiger charge is 2.20. The van der Waals surface area contributed by atoms with Crippen LogP contribution in [0.15, 0.2) is 48.5 Å². The van der Waals surface area contributed by atoms with E-state index in [4.69, 9.17) is 14.7 Å². The molecule has 0 saturated heterocycles. The summed E-state index contributed by atoms with van der Waals surface area (Å²) in [5.41, 5.74) is 4.09. The van der Waals surface area contributed by atoms with Gasteiger partial charge in [0.25, 0.3) is 0 Å². The van der Waals surface area contributed by atoms with Crippen LogP contribution in [0.3, 0.4) is 0 Å². The Kier molecular flexibility index (Phi) is 5.07. The topological polar surface area (TPSA) is 55.3 Å². The number of esters is 1. The van der Waals surface area contributed by atoms with Crippen LogP contribution in [-0.2, 0) is 17.8 Å². The lowest BCUT2D eigenvalue weighted by Gasteiger charge is -2.18. The first-order valence-electron chi connectivity index (χ1n) is 9.06. The van der Waals surface area contributed by atoms with E-state index >= 15 is 0 Å². The van der Waals surface area contributed by atoms with Gasteiger partial charge in [0, 0.05) is 11.9 Å². The van der Waals surface area contributed by atoms with Gasteiger partial charge in [0.05, 0.1) is 40.6 Å². The van der Waals surface area contributed by atoms with Gasteiger partial charge in [-0.2, -0.15) is 0 Å². The number of aromatic nitrogens is 2. The zero-order chi connectivity index (χ0) is 19.7. The van der Waals surface area contributed by atoms with Crippen LogP contribution >= 0.6 is 11.3 Å². The number of benzene rings is 2. The Balaban J connectivity index is 1.66. The first kappa shape index (κ1) is 18.5. The van der Waals surface area contributed by atoms with Crippen LogP contribution in [0.5, 0.6) is 0 Å². The molecule has 0 saturated carbocycles. The lowest BCUT2D eigenvalue weighted by molar-refractivity contribution is 0.0597. The molecule has 28 heavy (non-hydrogen) atoms. The van der Waals surface area contributed by atoms with Gasteiger partial charge in [0.2, 0.25) is 0 Å². The molecule has 0 bridgehead atoms. The Morgan fingerprint density at radius 3 is 2.50 bits per heavy atom. The third-order valence-electron chi connectivity index (χ3n) is 4.78. The van der Waals surface area contributed by atoms with E-state index in [2.05, 4.69) is 11.0 Å². The monoisotopic (exact) mass is 391 g/mol. The maximum atomic E-state index is 12.5. The van der Waals surface area contributed by atoms with Gasteiger partial charge in [-0.05, 0) is 37.7 Å². The highest BCUT2D eigenvalue weighted by molar-refractivity contribution is 7.18. The van der Waals surface area contributed by atoms with Crippen molar-refractivity contribution in [3.63, 3.8) is 0 Å². The van der Waals surface area contributed by atoms with Crippen molar-refractivity contribution in [2.75, 3.05) is 14.2 Å². The van der Waals surface area contributed by atoms with Crippen molar-refractivity contribution >= 4 is 38.4 Å². The number of aryl methyl sites for hydroxylation is 1. The molecule has 2 aromatic carbocycles. The summed E-state index contributed by atoms with van der Waals surface area (Å²) < 4.78 is 6.22. The van der Waals surface area contributed by atoms with Crippen molar-refractivity contribution in [2.24, 2.45) is 0 Å². The second-order valence-electron chi connectivity index (χ2n) is 6.81. The maximum Gasteiger partial charge on any atom is 0.340 e. The molecule has 2 aromatic heterocycles. The van der Waals surface area contributed by atoms with Crippen LogP contribution in [0.2, 0.25) is 0 Å². The molecular weight excluding hydrogens is 370 g/mol. The molecule has 0 N–H and O–H groups in total. The number of hydrogen-bond acceptors (Lipinski definition) is 6. The summed E-state index contributed by atoms with van der Waals surface area (Å²) in [6, 6.07) is 16.0. The van der Waals surface area contributed by atoms with Crippen LogP contribution in [0.4, 0.5) is 0 Å². The molecule has 0 unspecified atom stereocenters. The maximum absolute atomic E-state index is 12.5. The fourth-order valence-electron chi connectivity index (χ4n) is 3.46. The predicted molar refractivity (Wildman–Crippen MR) is 113 cm³/mol. The van der Waals surface area contributed by atoms with Crippen molar-refractivity contribution < 1.29 is 9.53 Å². The molecule has 2 heterocycles. The number of methoxy groups -OCH3 is 1. The van der Waals surface area contributed by atoms with E-state index in [0.717, 1.165) is 32.7 Å². The van der Waals surface area contributed by atoms with Gasteiger partial charge in [0.15, 0.2) is 0 Å². The summed E-state index contributed by atoms with van der Waals surface area (Å²) in [5, 5.41) is 2.02. The summed E-state index contributed by atoms with van der Waals surface area (Å²) in [4.78, 5) is 24.1. The molecular formula is C22H21N3O2S. The van der Waals surface area contributed by atoms with E-state index in [1.54, 1.807) is 11.3 Å². The number of thiazole rings is 1. The molecule has 0 atom stereocenters. The molecule has 5 nitrogen and oxygen atoms in total. The number of nitrogens with zero attached hydrogens (tertiary/aromatic N) is 3. The standard InChI is InChI=1S/C22H21N3O2S/c1-14-15-8-4-5-9-16(15)23-18(21(14)22(26)27-3)12-25(2)13-20-24-17-10-6-7-11-19(17)28-20/h4-11H,12-13H2,1-3H3. The lowest BCUT2D eigenvalue weighted by Crippen LogP contribution is -2.21. The zero-order valence-electron chi connectivity index (χ0n) is 16.1. The molecule has 6 heteroatoms. The Bertz CT molecular complexity index is 1140. The number of pyridine rings is 1. The Morgan fingerprint density at radius 1 is 1.04 bits per heavy atom. The minimum atomic E-state index is -0.348. The van der Waals surface area contributed by atoms with Gasteiger partial charge in [-0.25, -0.2) is 9.78 Å². The van der Waals surface area contributed by atoms with Gasteiger partial charge < -0.3 is 4.74 Å². The summed E-state index contributed by atoms with van der Waals surface area (Å²) in [5.74, 6) is -0.348. The molecule has 142 valence electrons. The van der Waals surface area contributed by atoms with E-state index in [0.29, 0.717) is 18.7 Å². The van der Waals surface area contributed by atoms with E-state index in [1.165, 1.54) is 11.8 Å². The van der Waals surface area contributed by atoms with Crippen LogP contribution in [0, 0.1) is 6.92 Å². The first-order chi connectivity index (χ1) is 13.6. The van der Waals surface area contributed by atoms with Gasteiger partial charge in [0.1, 0.15) is 5.01 Å².